The van der Waals surface area contributed by atoms with Crippen LogP contribution < -0.4 is 9.80 Å². The molecule has 0 unspecified atom stereocenters. The summed E-state index contributed by atoms with van der Waals surface area (Å²) in [6.07, 6.45) is 9.00. The maximum Gasteiger partial charge on any atom is 0.0463 e. The molecule has 0 atom stereocenters. The average Bonchev–Trinajstić information content (AvgIpc) is 2.91. The highest BCUT2D eigenvalue weighted by atomic mass is 15.1. The SMILES string of the molecule is CN(C1=CCCC=C1)c1ccc(N(c2ccccc2)c2ccc(-c3ccccc3)cc2)cc1. The van der Waals surface area contributed by atoms with Gasteiger partial charge in [-0.25, -0.2) is 0 Å². The molecule has 5 rings (SSSR count). The minimum absolute atomic E-state index is 1.11. The molecular weight excluding hydrogens is 400 g/mol. The summed E-state index contributed by atoms with van der Waals surface area (Å²) in [7, 11) is 2.13. The quantitative estimate of drug-likeness (QED) is 0.304. The Morgan fingerprint density at radius 2 is 1.03 bits per heavy atom. The maximum absolute atomic E-state index is 2.30. The summed E-state index contributed by atoms with van der Waals surface area (Å²) in [5.41, 5.74) is 8.31. The summed E-state index contributed by atoms with van der Waals surface area (Å²) in [4.78, 5) is 4.55. The largest absolute Gasteiger partial charge is 0.345 e. The van der Waals surface area contributed by atoms with Crippen LogP contribution in [0.1, 0.15) is 12.8 Å². The van der Waals surface area contributed by atoms with Crippen molar-refractivity contribution in [1.29, 1.82) is 0 Å². The summed E-state index contributed by atoms with van der Waals surface area (Å²) in [6, 6.07) is 38.7. The van der Waals surface area contributed by atoms with Crippen LogP contribution in [-0.4, -0.2) is 7.05 Å². The zero-order chi connectivity index (χ0) is 22.5. The van der Waals surface area contributed by atoms with Crippen molar-refractivity contribution in [3.8, 4) is 11.1 Å². The molecule has 0 fully saturated rings. The zero-order valence-electron chi connectivity index (χ0n) is 18.9. The molecular formula is C31H28N2. The van der Waals surface area contributed by atoms with Gasteiger partial charge in [0, 0.05) is 35.5 Å². The molecule has 4 aromatic rings. The molecule has 0 saturated heterocycles. The molecule has 33 heavy (non-hydrogen) atoms. The van der Waals surface area contributed by atoms with Crippen molar-refractivity contribution in [3.05, 3.63) is 133 Å². The van der Waals surface area contributed by atoms with Gasteiger partial charge >= 0.3 is 0 Å². The van der Waals surface area contributed by atoms with Crippen LogP contribution in [0.2, 0.25) is 0 Å². The van der Waals surface area contributed by atoms with Gasteiger partial charge in [0.05, 0.1) is 0 Å². The van der Waals surface area contributed by atoms with Gasteiger partial charge in [0.15, 0.2) is 0 Å². The van der Waals surface area contributed by atoms with E-state index in [1.54, 1.807) is 0 Å². The number of benzene rings is 4. The lowest BCUT2D eigenvalue weighted by Crippen LogP contribution is -2.16. The predicted octanol–water partition coefficient (Wildman–Crippen LogP) is 8.49. The van der Waals surface area contributed by atoms with Gasteiger partial charge in [0.1, 0.15) is 0 Å². The van der Waals surface area contributed by atoms with E-state index in [9.17, 15) is 0 Å². The first-order valence-electron chi connectivity index (χ1n) is 11.5. The van der Waals surface area contributed by atoms with Crippen molar-refractivity contribution in [2.24, 2.45) is 0 Å². The summed E-state index contributed by atoms with van der Waals surface area (Å²) in [5.74, 6) is 0. The number of likely N-dealkylation sites (N-methyl/N-ethyl adjacent to an activating group) is 1. The number of rotatable bonds is 6. The Kier molecular flexibility index (Phi) is 6.08. The van der Waals surface area contributed by atoms with E-state index in [1.165, 1.54) is 22.5 Å². The minimum Gasteiger partial charge on any atom is -0.345 e. The second kappa shape index (κ2) is 9.62. The molecule has 0 N–H and O–H groups in total. The first-order valence-corrected chi connectivity index (χ1v) is 11.5. The highest BCUT2D eigenvalue weighted by Crippen LogP contribution is 2.36. The van der Waals surface area contributed by atoms with Crippen LogP contribution >= 0.6 is 0 Å². The fourth-order valence-electron chi connectivity index (χ4n) is 4.28. The van der Waals surface area contributed by atoms with Crippen molar-refractivity contribution in [2.45, 2.75) is 12.8 Å². The second-order valence-electron chi connectivity index (χ2n) is 8.27. The van der Waals surface area contributed by atoms with Crippen LogP contribution in [0.15, 0.2) is 133 Å². The Labute approximate surface area is 196 Å². The van der Waals surface area contributed by atoms with Crippen molar-refractivity contribution in [3.63, 3.8) is 0 Å². The molecule has 0 spiro atoms. The summed E-state index contributed by atoms with van der Waals surface area (Å²) in [5, 5.41) is 0. The van der Waals surface area contributed by atoms with E-state index in [1.807, 2.05) is 0 Å². The molecule has 2 heteroatoms. The van der Waals surface area contributed by atoms with Crippen LogP contribution in [0.25, 0.3) is 11.1 Å². The highest BCUT2D eigenvalue weighted by Gasteiger charge is 2.14. The van der Waals surface area contributed by atoms with Gasteiger partial charge in [-0.05, 0) is 78.6 Å². The predicted molar refractivity (Wildman–Crippen MR) is 141 cm³/mol. The van der Waals surface area contributed by atoms with Gasteiger partial charge < -0.3 is 9.80 Å². The lowest BCUT2D eigenvalue weighted by Gasteiger charge is -2.27. The first-order chi connectivity index (χ1) is 16.3. The maximum atomic E-state index is 2.30. The number of para-hydroxylation sites is 1. The number of anilines is 4. The Balaban J connectivity index is 1.47. The lowest BCUT2D eigenvalue weighted by atomic mass is 10.0. The summed E-state index contributed by atoms with van der Waals surface area (Å²) >= 11 is 0. The number of hydrogen-bond donors (Lipinski definition) is 0. The second-order valence-corrected chi connectivity index (χ2v) is 8.27. The molecule has 162 valence electrons. The third kappa shape index (κ3) is 4.61. The number of nitrogens with zero attached hydrogens (tertiary/aromatic N) is 2. The standard InChI is InChI=1S/C31H28N2/c1-32(27-13-7-3-8-14-27)28-21-23-31(24-22-28)33(29-15-9-4-10-16-29)30-19-17-26(18-20-30)25-11-5-2-6-12-25/h2,4-7,9-24H,3,8H2,1H3. The van der Waals surface area contributed by atoms with Gasteiger partial charge in [0.25, 0.3) is 0 Å². The van der Waals surface area contributed by atoms with Crippen molar-refractivity contribution >= 4 is 22.7 Å². The molecule has 0 bridgehead atoms. The normalized spacial score (nSPS) is 12.8. The van der Waals surface area contributed by atoms with Crippen LogP contribution in [0.5, 0.6) is 0 Å². The van der Waals surface area contributed by atoms with E-state index >= 15 is 0 Å². The van der Waals surface area contributed by atoms with E-state index in [0.717, 1.165) is 29.9 Å². The van der Waals surface area contributed by atoms with Gasteiger partial charge in [-0.1, -0.05) is 72.8 Å². The Morgan fingerprint density at radius 3 is 1.64 bits per heavy atom. The third-order valence-electron chi connectivity index (χ3n) is 6.10. The topological polar surface area (TPSA) is 6.48 Å². The van der Waals surface area contributed by atoms with E-state index < -0.39 is 0 Å². The van der Waals surface area contributed by atoms with E-state index in [0.29, 0.717) is 0 Å². The fourth-order valence-corrected chi connectivity index (χ4v) is 4.28. The number of allylic oxidation sites excluding steroid dienone is 3. The zero-order valence-corrected chi connectivity index (χ0v) is 18.9. The van der Waals surface area contributed by atoms with E-state index in [-0.39, 0.29) is 0 Å². The third-order valence-corrected chi connectivity index (χ3v) is 6.10. The average molecular weight is 429 g/mol. The molecule has 4 aromatic carbocycles. The molecule has 0 radical (unpaired) electrons. The lowest BCUT2D eigenvalue weighted by molar-refractivity contribution is 0.984. The molecule has 1 aliphatic rings. The van der Waals surface area contributed by atoms with Crippen LogP contribution in [0.4, 0.5) is 22.7 Å². The van der Waals surface area contributed by atoms with Crippen molar-refractivity contribution < 1.29 is 0 Å². The highest BCUT2D eigenvalue weighted by molar-refractivity contribution is 5.79. The minimum atomic E-state index is 1.11. The first kappa shape index (κ1) is 20.8. The van der Waals surface area contributed by atoms with Gasteiger partial charge in [-0.2, -0.15) is 0 Å². The Bertz CT molecular complexity index is 1240. The van der Waals surface area contributed by atoms with Gasteiger partial charge in [-0.3, -0.25) is 0 Å². The van der Waals surface area contributed by atoms with E-state index in [4.69, 9.17) is 0 Å². The molecule has 0 aliphatic heterocycles. The molecule has 0 amide bonds. The van der Waals surface area contributed by atoms with Crippen LogP contribution in [-0.2, 0) is 0 Å². The van der Waals surface area contributed by atoms with Gasteiger partial charge in [0.2, 0.25) is 0 Å². The Hall–Kier alpha value is -4.04. The molecule has 1 aliphatic carbocycles. The van der Waals surface area contributed by atoms with Crippen molar-refractivity contribution in [2.75, 3.05) is 16.8 Å². The molecule has 0 aromatic heterocycles. The summed E-state index contributed by atoms with van der Waals surface area (Å²) in [6.45, 7) is 0. The van der Waals surface area contributed by atoms with Gasteiger partial charge in [-0.15, -0.1) is 0 Å². The number of hydrogen-bond acceptors (Lipinski definition) is 2. The molecule has 0 saturated carbocycles. The van der Waals surface area contributed by atoms with E-state index in [2.05, 4.69) is 144 Å². The smallest absolute Gasteiger partial charge is 0.0463 e. The van der Waals surface area contributed by atoms with Crippen molar-refractivity contribution in [1.82, 2.24) is 0 Å². The van der Waals surface area contributed by atoms with Crippen LogP contribution in [0.3, 0.4) is 0 Å². The Morgan fingerprint density at radius 1 is 0.515 bits per heavy atom. The van der Waals surface area contributed by atoms with Crippen LogP contribution in [0, 0.1) is 0 Å². The molecule has 2 nitrogen and oxygen atoms in total. The molecule has 0 heterocycles. The fraction of sp³-hybridized carbons (Fsp3) is 0.0968. The summed E-state index contributed by atoms with van der Waals surface area (Å²) < 4.78 is 0. The monoisotopic (exact) mass is 428 g/mol.